The van der Waals surface area contributed by atoms with E-state index in [0.717, 1.165) is 0 Å². The first-order valence-electron chi connectivity index (χ1n) is 2.54. The van der Waals surface area contributed by atoms with Gasteiger partial charge in [-0.1, -0.05) is 0 Å². The molecule has 0 aromatic carbocycles. The van der Waals surface area contributed by atoms with Crippen LogP contribution in [0.4, 0.5) is 0 Å². The Morgan fingerprint density at radius 1 is 1.33 bits per heavy atom. The van der Waals surface area contributed by atoms with Crippen LogP contribution in [0.5, 0.6) is 0 Å². The van der Waals surface area contributed by atoms with Crippen LogP contribution in [0, 0.1) is 0 Å². The zero-order valence-corrected chi connectivity index (χ0v) is 8.98. The summed E-state index contributed by atoms with van der Waals surface area (Å²) in [5.41, 5.74) is 0. The van der Waals surface area contributed by atoms with Crippen LogP contribution in [-0.4, -0.2) is 13.2 Å². The van der Waals surface area contributed by atoms with Crippen molar-refractivity contribution in [1.29, 1.82) is 0 Å². The van der Waals surface area contributed by atoms with E-state index >= 15 is 0 Å². The average Bonchev–Trinajstić information content (AvgIpc) is 1.68. The third kappa shape index (κ3) is 9.02. The van der Waals surface area contributed by atoms with Gasteiger partial charge in [-0.3, -0.25) is 0 Å². The normalized spacial score (nSPS) is 8.22. The average molecular weight is 161 g/mol. The minimum absolute atomic E-state index is 0. The van der Waals surface area contributed by atoms with Crippen LogP contribution in [0.25, 0.3) is 0 Å². The summed E-state index contributed by atoms with van der Waals surface area (Å²) in [6.07, 6.45) is 0. The van der Waals surface area contributed by atoms with E-state index in [2.05, 4.69) is 9.05 Å². The Bertz CT molecular complexity index is 74.9. The fourth-order valence-electron chi connectivity index (χ4n) is 0.248. The maximum Gasteiger partial charge on any atom is 1.00 e. The topological polar surface area (TPSA) is 35.5 Å². The first-order valence-corrected chi connectivity index (χ1v) is 3.63. The summed E-state index contributed by atoms with van der Waals surface area (Å²) in [6.45, 7) is 4.42. The summed E-state index contributed by atoms with van der Waals surface area (Å²) in [7, 11) is -1.83. The fourth-order valence-corrected chi connectivity index (χ4v) is 0.744. The minimum atomic E-state index is -1.83. The van der Waals surface area contributed by atoms with Gasteiger partial charge in [-0.15, -0.1) is 9.05 Å². The maximum absolute atomic E-state index is 10.3. The van der Waals surface area contributed by atoms with Crippen LogP contribution in [0.3, 0.4) is 0 Å². The van der Waals surface area contributed by atoms with Crippen molar-refractivity contribution >= 4 is 8.25 Å². The molecule has 5 heteroatoms. The predicted octanol–water partition coefficient (Wildman–Crippen LogP) is -1.17. The molecule has 0 radical (unpaired) electrons. The quantitative estimate of drug-likeness (QED) is 0.385. The zero-order valence-electron chi connectivity index (χ0n) is 7.09. The first kappa shape index (κ1) is 12.7. The third-order valence-electron chi connectivity index (χ3n) is 0.469. The Balaban J connectivity index is -0.000000245. The Kier molecular flexibility index (Phi) is 12.7. The molecule has 0 bridgehead atoms. The smallest absolute Gasteiger partial charge is 1.00 e. The molecule has 0 aromatic heterocycles. The van der Waals surface area contributed by atoms with Gasteiger partial charge in [-0.05, 0) is 13.8 Å². The van der Waals surface area contributed by atoms with Gasteiger partial charge in [-0.2, -0.15) is 0 Å². The summed E-state index contributed by atoms with van der Waals surface area (Å²) in [5, 5.41) is 0. The predicted molar refractivity (Wildman–Crippen MR) is 32.0 cm³/mol. The SMILES string of the molecule is CCO[P+](=O)OCC.[H-].[Na+]. The van der Waals surface area contributed by atoms with Crippen LogP contribution in [0.1, 0.15) is 15.3 Å². The molecule has 0 rings (SSSR count). The van der Waals surface area contributed by atoms with E-state index in [1.807, 2.05) is 0 Å². The Hall–Kier alpha value is 1.02. The van der Waals surface area contributed by atoms with Gasteiger partial charge in [0.1, 0.15) is 13.2 Å². The number of hydrogen-bond acceptors (Lipinski definition) is 3. The summed E-state index contributed by atoms with van der Waals surface area (Å²) in [4.78, 5) is 0. The standard InChI is InChI=1S/C4H10O3P.Na.H/c1-3-6-8(5)7-4-2;;/h3-4H2,1-2H3;;/q2*+1;-1. The minimum Gasteiger partial charge on any atom is -1.00 e. The fraction of sp³-hybridized carbons (Fsp3) is 1.00. The molecule has 0 spiro atoms. The van der Waals surface area contributed by atoms with E-state index in [0.29, 0.717) is 13.2 Å². The van der Waals surface area contributed by atoms with Crippen LogP contribution in [-0.2, 0) is 13.6 Å². The molecule has 0 fully saturated rings. The van der Waals surface area contributed by atoms with Crippen molar-refractivity contribution < 1.29 is 44.6 Å². The Morgan fingerprint density at radius 3 is 1.89 bits per heavy atom. The Morgan fingerprint density at radius 2 is 1.67 bits per heavy atom. The van der Waals surface area contributed by atoms with Crippen molar-refractivity contribution in [2.75, 3.05) is 13.2 Å². The monoisotopic (exact) mass is 161 g/mol. The molecule has 0 aliphatic rings. The molecular weight excluding hydrogens is 150 g/mol. The molecular formula is C4H11NaO3P+. The first-order chi connectivity index (χ1) is 3.81. The molecule has 0 aliphatic heterocycles. The summed E-state index contributed by atoms with van der Waals surface area (Å²) < 4.78 is 19.5. The van der Waals surface area contributed by atoms with E-state index in [4.69, 9.17) is 0 Å². The second-order valence-electron chi connectivity index (χ2n) is 1.06. The van der Waals surface area contributed by atoms with Gasteiger partial charge >= 0.3 is 37.8 Å². The van der Waals surface area contributed by atoms with E-state index in [9.17, 15) is 4.57 Å². The Labute approximate surface area is 79.8 Å². The van der Waals surface area contributed by atoms with Crippen LogP contribution in [0.2, 0.25) is 0 Å². The molecule has 0 amide bonds. The third-order valence-corrected chi connectivity index (χ3v) is 1.41. The van der Waals surface area contributed by atoms with Crippen molar-refractivity contribution in [2.24, 2.45) is 0 Å². The van der Waals surface area contributed by atoms with Crippen LogP contribution in [0.15, 0.2) is 0 Å². The van der Waals surface area contributed by atoms with E-state index in [1.165, 1.54) is 0 Å². The summed E-state index contributed by atoms with van der Waals surface area (Å²) in [6, 6.07) is 0. The zero-order chi connectivity index (χ0) is 6.41. The second-order valence-corrected chi connectivity index (χ2v) is 2.02. The van der Waals surface area contributed by atoms with Gasteiger partial charge in [0.15, 0.2) is 0 Å². The van der Waals surface area contributed by atoms with Gasteiger partial charge < -0.3 is 1.43 Å². The van der Waals surface area contributed by atoms with Crippen molar-refractivity contribution in [1.82, 2.24) is 0 Å². The van der Waals surface area contributed by atoms with E-state index in [1.54, 1.807) is 13.8 Å². The number of hydrogen-bond donors (Lipinski definition) is 0. The maximum atomic E-state index is 10.3. The molecule has 0 saturated heterocycles. The largest absolute Gasteiger partial charge is 1.00 e. The number of rotatable bonds is 4. The van der Waals surface area contributed by atoms with Gasteiger partial charge in [0.2, 0.25) is 0 Å². The van der Waals surface area contributed by atoms with Crippen LogP contribution >= 0.6 is 8.25 Å². The molecule has 0 atom stereocenters. The molecule has 0 aromatic rings. The molecule has 0 aliphatic carbocycles. The van der Waals surface area contributed by atoms with Crippen molar-refractivity contribution in [3.8, 4) is 0 Å². The van der Waals surface area contributed by atoms with Gasteiger partial charge in [0, 0.05) is 4.57 Å². The van der Waals surface area contributed by atoms with Crippen LogP contribution < -0.4 is 29.6 Å². The molecule has 0 saturated carbocycles. The van der Waals surface area contributed by atoms with Gasteiger partial charge in [0.05, 0.1) is 0 Å². The van der Waals surface area contributed by atoms with Crippen molar-refractivity contribution in [3.63, 3.8) is 0 Å². The molecule has 0 heterocycles. The molecule has 0 unspecified atom stereocenters. The molecule has 0 N–H and O–H groups in total. The van der Waals surface area contributed by atoms with E-state index < -0.39 is 8.25 Å². The van der Waals surface area contributed by atoms with Gasteiger partial charge in [0.25, 0.3) is 0 Å². The van der Waals surface area contributed by atoms with Gasteiger partial charge in [-0.25, -0.2) is 0 Å². The van der Waals surface area contributed by atoms with E-state index in [-0.39, 0.29) is 31.0 Å². The summed E-state index contributed by atoms with van der Waals surface area (Å²) >= 11 is 0. The van der Waals surface area contributed by atoms with Crippen molar-refractivity contribution in [3.05, 3.63) is 0 Å². The molecule has 50 valence electrons. The molecule has 9 heavy (non-hydrogen) atoms. The molecule has 3 nitrogen and oxygen atoms in total. The second kappa shape index (κ2) is 9.02. The van der Waals surface area contributed by atoms with Crippen molar-refractivity contribution in [2.45, 2.75) is 13.8 Å². The summed E-state index contributed by atoms with van der Waals surface area (Å²) in [5.74, 6) is 0.